The fraction of sp³-hybridized carbons (Fsp3) is 0.227. The molecule has 3 rings (SSSR count). The number of hydrogen-bond donors (Lipinski definition) is 1. The molecule has 0 aliphatic carbocycles. The van der Waals surface area contributed by atoms with Gasteiger partial charge in [0.2, 0.25) is 0 Å². The molecule has 0 bridgehead atoms. The summed E-state index contributed by atoms with van der Waals surface area (Å²) in [5.74, 6) is 0.339. The third-order valence-corrected chi connectivity index (χ3v) is 4.47. The van der Waals surface area contributed by atoms with Crippen LogP contribution in [0.5, 0.6) is 0 Å². The van der Waals surface area contributed by atoms with Gasteiger partial charge in [-0.05, 0) is 75.6 Å². The molecule has 1 aromatic carbocycles. The standard InChI is InChI=1S/C22H22N4O2/c1-13-6-14(2)8-20(7-13)26-15(3)9-18(17(26)5)11-19(12-23)22(27)24-21-10-16(4)28-25-21/h6-11H,1-5H3,(H,24,25,27). The molecular formula is C22H22N4O2. The average Bonchev–Trinajstić information content (AvgIpc) is 3.14. The molecule has 2 aromatic heterocycles. The van der Waals surface area contributed by atoms with Gasteiger partial charge in [0, 0.05) is 23.1 Å². The zero-order chi connectivity index (χ0) is 20.4. The minimum atomic E-state index is -0.521. The Morgan fingerprint density at radius 2 is 1.79 bits per heavy atom. The van der Waals surface area contributed by atoms with E-state index in [1.807, 2.05) is 26.0 Å². The summed E-state index contributed by atoms with van der Waals surface area (Å²) >= 11 is 0. The summed E-state index contributed by atoms with van der Waals surface area (Å²) in [6, 6.07) is 11.9. The first-order chi connectivity index (χ1) is 13.3. The molecular weight excluding hydrogens is 352 g/mol. The number of aromatic nitrogens is 2. The fourth-order valence-electron chi connectivity index (χ4n) is 3.32. The summed E-state index contributed by atoms with van der Waals surface area (Å²) in [6.07, 6.45) is 1.60. The number of nitrogens with one attached hydrogen (secondary N) is 1. The number of nitriles is 1. The van der Waals surface area contributed by atoms with E-state index in [1.54, 1.807) is 19.1 Å². The Kier molecular flexibility index (Phi) is 5.18. The SMILES string of the molecule is Cc1cc(C)cc(-n2c(C)cc(C=C(C#N)C(=O)Nc3cc(C)on3)c2C)c1. The molecule has 0 saturated heterocycles. The van der Waals surface area contributed by atoms with Gasteiger partial charge in [-0.1, -0.05) is 11.2 Å². The highest BCUT2D eigenvalue weighted by molar-refractivity contribution is 6.09. The van der Waals surface area contributed by atoms with Crippen LogP contribution in [0.1, 0.15) is 33.8 Å². The van der Waals surface area contributed by atoms with Gasteiger partial charge >= 0.3 is 0 Å². The third-order valence-electron chi connectivity index (χ3n) is 4.47. The van der Waals surface area contributed by atoms with Crippen molar-refractivity contribution in [2.45, 2.75) is 34.6 Å². The van der Waals surface area contributed by atoms with Gasteiger partial charge in [-0.3, -0.25) is 4.79 Å². The van der Waals surface area contributed by atoms with Gasteiger partial charge in [0.1, 0.15) is 17.4 Å². The van der Waals surface area contributed by atoms with Crippen molar-refractivity contribution in [2.24, 2.45) is 0 Å². The maximum atomic E-state index is 12.4. The third kappa shape index (κ3) is 3.89. The van der Waals surface area contributed by atoms with Crippen LogP contribution in [0, 0.1) is 45.9 Å². The van der Waals surface area contributed by atoms with Crippen LogP contribution in [0.3, 0.4) is 0 Å². The lowest BCUT2D eigenvalue weighted by Crippen LogP contribution is -2.13. The highest BCUT2D eigenvalue weighted by atomic mass is 16.5. The molecule has 1 N–H and O–H groups in total. The van der Waals surface area contributed by atoms with Crippen LogP contribution in [0.4, 0.5) is 5.82 Å². The quantitative estimate of drug-likeness (QED) is 0.536. The first kappa shape index (κ1) is 19.2. The molecule has 0 spiro atoms. The molecule has 1 amide bonds. The fourth-order valence-corrected chi connectivity index (χ4v) is 3.32. The Balaban J connectivity index is 1.97. The molecule has 3 aromatic rings. The van der Waals surface area contributed by atoms with Crippen molar-refractivity contribution in [1.29, 1.82) is 5.26 Å². The van der Waals surface area contributed by atoms with Crippen molar-refractivity contribution in [3.63, 3.8) is 0 Å². The molecule has 0 radical (unpaired) electrons. The predicted octanol–water partition coefficient (Wildman–Crippen LogP) is 4.55. The monoisotopic (exact) mass is 374 g/mol. The van der Waals surface area contributed by atoms with Crippen LogP contribution in [0.25, 0.3) is 11.8 Å². The molecule has 6 heteroatoms. The topological polar surface area (TPSA) is 83.9 Å². The van der Waals surface area contributed by atoms with E-state index in [9.17, 15) is 10.1 Å². The molecule has 0 aliphatic heterocycles. The number of nitrogens with zero attached hydrogens (tertiary/aromatic N) is 3. The number of benzene rings is 1. The van der Waals surface area contributed by atoms with Crippen LogP contribution >= 0.6 is 0 Å². The van der Waals surface area contributed by atoms with Crippen molar-refractivity contribution in [3.05, 3.63) is 69.7 Å². The van der Waals surface area contributed by atoms with Crippen molar-refractivity contribution in [3.8, 4) is 11.8 Å². The van der Waals surface area contributed by atoms with Crippen LogP contribution in [-0.2, 0) is 4.79 Å². The second-order valence-corrected chi connectivity index (χ2v) is 6.95. The second kappa shape index (κ2) is 7.57. The maximum Gasteiger partial charge on any atom is 0.267 e. The Hall–Kier alpha value is -3.59. The summed E-state index contributed by atoms with van der Waals surface area (Å²) < 4.78 is 7.06. The van der Waals surface area contributed by atoms with Gasteiger partial charge in [0.15, 0.2) is 5.82 Å². The van der Waals surface area contributed by atoms with Crippen LogP contribution < -0.4 is 5.32 Å². The lowest BCUT2D eigenvalue weighted by Gasteiger charge is -2.12. The van der Waals surface area contributed by atoms with E-state index in [-0.39, 0.29) is 11.4 Å². The first-order valence-electron chi connectivity index (χ1n) is 8.92. The van der Waals surface area contributed by atoms with Gasteiger partial charge in [0.05, 0.1) is 0 Å². The minimum Gasteiger partial charge on any atom is -0.360 e. The van der Waals surface area contributed by atoms with Crippen LogP contribution in [-0.4, -0.2) is 15.6 Å². The van der Waals surface area contributed by atoms with E-state index in [2.05, 4.69) is 47.1 Å². The zero-order valence-electron chi connectivity index (χ0n) is 16.6. The predicted molar refractivity (Wildman–Crippen MR) is 108 cm³/mol. The molecule has 0 atom stereocenters. The lowest BCUT2D eigenvalue weighted by molar-refractivity contribution is -0.112. The van der Waals surface area contributed by atoms with Crippen LogP contribution in [0.15, 0.2) is 40.4 Å². The molecule has 6 nitrogen and oxygen atoms in total. The Bertz CT molecular complexity index is 1110. The van der Waals surface area contributed by atoms with Crippen LogP contribution in [0.2, 0.25) is 0 Å². The smallest absolute Gasteiger partial charge is 0.267 e. The summed E-state index contributed by atoms with van der Waals surface area (Å²) in [4.78, 5) is 12.4. The van der Waals surface area contributed by atoms with E-state index < -0.39 is 5.91 Å². The van der Waals surface area contributed by atoms with E-state index >= 15 is 0 Å². The molecule has 28 heavy (non-hydrogen) atoms. The van der Waals surface area contributed by atoms with Gasteiger partial charge < -0.3 is 14.4 Å². The molecule has 0 unspecified atom stereocenters. The van der Waals surface area contributed by atoms with Crippen molar-refractivity contribution < 1.29 is 9.32 Å². The molecule has 0 saturated carbocycles. The number of hydrogen-bond acceptors (Lipinski definition) is 4. The number of amides is 1. The summed E-state index contributed by atoms with van der Waals surface area (Å²) in [5.41, 5.74) is 6.23. The van der Waals surface area contributed by atoms with E-state index in [0.29, 0.717) is 5.76 Å². The average molecular weight is 374 g/mol. The Morgan fingerprint density at radius 3 is 2.36 bits per heavy atom. The summed E-state index contributed by atoms with van der Waals surface area (Å²) in [7, 11) is 0. The van der Waals surface area contributed by atoms with Gasteiger partial charge in [-0.2, -0.15) is 5.26 Å². The van der Waals surface area contributed by atoms with E-state index in [0.717, 1.165) is 22.6 Å². The van der Waals surface area contributed by atoms with Gasteiger partial charge in [-0.15, -0.1) is 0 Å². The molecule has 0 aliphatic rings. The largest absolute Gasteiger partial charge is 0.360 e. The number of carbonyl (C=O) groups excluding carboxylic acids is 1. The second-order valence-electron chi connectivity index (χ2n) is 6.95. The van der Waals surface area contributed by atoms with Gasteiger partial charge in [0.25, 0.3) is 5.91 Å². The van der Waals surface area contributed by atoms with Crippen molar-refractivity contribution in [1.82, 2.24) is 9.72 Å². The Labute approximate surface area is 164 Å². The highest BCUT2D eigenvalue weighted by Crippen LogP contribution is 2.24. The maximum absolute atomic E-state index is 12.4. The molecule has 142 valence electrons. The highest BCUT2D eigenvalue weighted by Gasteiger charge is 2.15. The van der Waals surface area contributed by atoms with Crippen molar-refractivity contribution in [2.75, 3.05) is 5.32 Å². The van der Waals surface area contributed by atoms with E-state index in [4.69, 9.17) is 4.52 Å². The number of anilines is 1. The summed E-state index contributed by atoms with van der Waals surface area (Å²) in [6.45, 7) is 9.84. The van der Waals surface area contributed by atoms with Crippen molar-refractivity contribution >= 4 is 17.8 Å². The van der Waals surface area contributed by atoms with Gasteiger partial charge in [-0.25, -0.2) is 0 Å². The lowest BCUT2D eigenvalue weighted by atomic mass is 10.1. The number of rotatable bonds is 4. The molecule has 0 fully saturated rings. The Morgan fingerprint density at radius 1 is 1.11 bits per heavy atom. The normalized spacial score (nSPS) is 11.4. The number of carbonyl (C=O) groups is 1. The summed E-state index contributed by atoms with van der Waals surface area (Å²) in [5, 5.41) is 15.8. The van der Waals surface area contributed by atoms with E-state index in [1.165, 1.54) is 11.1 Å². The number of aryl methyl sites for hydroxylation is 4. The molecule has 2 heterocycles. The minimum absolute atomic E-state index is 0.00123. The zero-order valence-corrected chi connectivity index (χ0v) is 16.6. The first-order valence-corrected chi connectivity index (χ1v) is 8.92.